The summed E-state index contributed by atoms with van der Waals surface area (Å²) >= 11 is 5.82. The van der Waals surface area contributed by atoms with Crippen molar-refractivity contribution in [2.24, 2.45) is 5.92 Å². The Morgan fingerprint density at radius 3 is 2.65 bits per heavy atom. The Balaban J connectivity index is 1.48. The summed E-state index contributed by atoms with van der Waals surface area (Å²) in [5.74, 6) is 1.34. The van der Waals surface area contributed by atoms with Gasteiger partial charge in [-0.3, -0.25) is 9.78 Å². The molecule has 0 unspecified atom stereocenters. The fourth-order valence-electron chi connectivity index (χ4n) is 2.78. The summed E-state index contributed by atoms with van der Waals surface area (Å²) in [6.07, 6.45) is 5.15. The molecule has 2 heterocycles. The van der Waals surface area contributed by atoms with Crippen LogP contribution < -0.4 is 5.32 Å². The molecule has 1 aliphatic rings. The molecule has 1 aromatic heterocycles. The minimum absolute atomic E-state index is 0.123. The summed E-state index contributed by atoms with van der Waals surface area (Å²) in [7, 11) is 0. The van der Waals surface area contributed by atoms with Crippen LogP contribution in [0.4, 0.5) is 5.82 Å². The molecule has 0 atom stereocenters. The van der Waals surface area contributed by atoms with Crippen molar-refractivity contribution in [1.29, 1.82) is 0 Å². The van der Waals surface area contributed by atoms with Crippen molar-refractivity contribution in [3.05, 3.63) is 53.4 Å². The molecule has 120 valence electrons. The van der Waals surface area contributed by atoms with E-state index < -0.39 is 0 Å². The lowest BCUT2D eigenvalue weighted by Crippen LogP contribution is -2.39. The zero-order valence-corrected chi connectivity index (χ0v) is 13.5. The van der Waals surface area contributed by atoms with Gasteiger partial charge in [-0.2, -0.15) is 0 Å². The number of nitrogens with zero attached hydrogens (tertiary/aromatic N) is 3. The third-order valence-corrected chi connectivity index (χ3v) is 4.28. The molecule has 1 amide bonds. The number of carbonyl (C=O) groups is 1. The molecule has 1 N–H and O–H groups in total. The zero-order chi connectivity index (χ0) is 16.1. The minimum atomic E-state index is 0.123. The molecular formula is C17H19ClN4O. The average molecular weight is 331 g/mol. The molecule has 5 nitrogen and oxygen atoms in total. The molecule has 1 aromatic carbocycles. The van der Waals surface area contributed by atoms with Gasteiger partial charge in [-0.25, -0.2) is 4.98 Å². The largest absolute Gasteiger partial charge is 0.368 e. The highest BCUT2D eigenvalue weighted by Crippen LogP contribution is 2.19. The van der Waals surface area contributed by atoms with Crippen molar-refractivity contribution in [3.8, 4) is 0 Å². The first-order chi connectivity index (χ1) is 11.2. The Morgan fingerprint density at radius 1 is 1.22 bits per heavy atom. The van der Waals surface area contributed by atoms with Crippen molar-refractivity contribution < 1.29 is 4.79 Å². The van der Waals surface area contributed by atoms with Gasteiger partial charge >= 0.3 is 0 Å². The fraction of sp³-hybridized carbons (Fsp3) is 0.353. The van der Waals surface area contributed by atoms with Crippen LogP contribution in [0.1, 0.15) is 23.2 Å². The quantitative estimate of drug-likeness (QED) is 0.936. The molecule has 0 bridgehead atoms. The molecule has 3 rings (SSSR count). The number of amides is 1. The summed E-state index contributed by atoms with van der Waals surface area (Å²) in [6, 6.07) is 9.46. The van der Waals surface area contributed by atoms with E-state index in [-0.39, 0.29) is 5.91 Å². The molecule has 1 fully saturated rings. The van der Waals surface area contributed by atoms with Crippen molar-refractivity contribution >= 4 is 23.3 Å². The number of piperidine rings is 1. The Kier molecular flexibility index (Phi) is 5.08. The summed E-state index contributed by atoms with van der Waals surface area (Å²) in [6.45, 7) is 2.41. The van der Waals surface area contributed by atoms with Gasteiger partial charge in [-0.1, -0.05) is 29.8 Å². The SMILES string of the molecule is O=C(c1ccccc1)N1CCC(CNc2cncc(Cl)n2)CC1. The maximum Gasteiger partial charge on any atom is 0.253 e. The summed E-state index contributed by atoms with van der Waals surface area (Å²) in [4.78, 5) is 22.5. The maximum atomic E-state index is 12.4. The van der Waals surface area contributed by atoms with E-state index in [1.54, 1.807) is 6.20 Å². The van der Waals surface area contributed by atoms with E-state index in [0.29, 0.717) is 16.9 Å². The van der Waals surface area contributed by atoms with Crippen LogP contribution in [0.25, 0.3) is 0 Å². The van der Waals surface area contributed by atoms with Gasteiger partial charge < -0.3 is 10.2 Å². The van der Waals surface area contributed by atoms with Gasteiger partial charge in [-0.15, -0.1) is 0 Å². The fourth-order valence-corrected chi connectivity index (χ4v) is 2.93. The van der Waals surface area contributed by atoms with Crippen molar-refractivity contribution in [2.75, 3.05) is 25.0 Å². The molecule has 23 heavy (non-hydrogen) atoms. The Labute approximate surface area is 140 Å². The topological polar surface area (TPSA) is 58.1 Å². The van der Waals surface area contributed by atoms with Crippen LogP contribution in [0, 0.1) is 5.92 Å². The van der Waals surface area contributed by atoms with Gasteiger partial charge in [0.05, 0.1) is 12.4 Å². The van der Waals surface area contributed by atoms with E-state index in [2.05, 4.69) is 15.3 Å². The summed E-state index contributed by atoms with van der Waals surface area (Å²) in [5, 5.41) is 3.66. The molecule has 0 radical (unpaired) electrons. The number of benzene rings is 1. The highest BCUT2D eigenvalue weighted by Gasteiger charge is 2.23. The van der Waals surface area contributed by atoms with Crippen LogP contribution in [0.5, 0.6) is 0 Å². The van der Waals surface area contributed by atoms with Crippen LogP contribution in [0.15, 0.2) is 42.7 Å². The van der Waals surface area contributed by atoms with Crippen LogP contribution in [-0.2, 0) is 0 Å². The normalized spacial score (nSPS) is 15.4. The first-order valence-electron chi connectivity index (χ1n) is 7.78. The Morgan fingerprint density at radius 2 is 1.96 bits per heavy atom. The van der Waals surface area contributed by atoms with Gasteiger partial charge in [0.25, 0.3) is 5.91 Å². The van der Waals surface area contributed by atoms with Gasteiger partial charge in [0.1, 0.15) is 11.0 Å². The van der Waals surface area contributed by atoms with E-state index in [1.807, 2.05) is 35.2 Å². The van der Waals surface area contributed by atoms with Crippen molar-refractivity contribution in [2.45, 2.75) is 12.8 Å². The van der Waals surface area contributed by atoms with E-state index in [1.165, 1.54) is 6.20 Å². The number of rotatable bonds is 4. The summed E-state index contributed by atoms with van der Waals surface area (Å²) in [5.41, 5.74) is 0.762. The number of carbonyl (C=O) groups excluding carboxylic acids is 1. The smallest absolute Gasteiger partial charge is 0.253 e. The third-order valence-electron chi connectivity index (χ3n) is 4.10. The van der Waals surface area contributed by atoms with Crippen LogP contribution in [-0.4, -0.2) is 40.4 Å². The minimum Gasteiger partial charge on any atom is -0.368 e. The predicted octanol–water partition coefficient (Wildman–Crippen LogP) is 3.09. The lowest BCUT2D eigenvalue weighted by Gasteiger charge is -2.32. The van der Waals surface area contributed by atoms with Gasteiger partial charge in [0.2, 0.25) is 0 Å². The number of hydrogen-bond donors (Lipinski definition) is 1. The Bertz CT molecular complexity index is 657. The first-order valence-corrected chi connectivity index (χ1v) is 8.16. The number of anilines is 1. The van der Waals surface area contributed by atoms with Gasteiger partial charge in [-0.05, 0) is 30.9 Å². The second-order valence-electron chi connectivity index (χ2n) is 5.71. The van der Waals surface area contributed by atoms with Gasteiger partial charge in [0, 0.05) is 25.2 Å². The number of aromatic nitrogens is 2. The molecule has 2 aromatic rings. The zero-order valence-electron chi connectivity index (χ0n) is 12.8. The van der Waals surface area contributed by atoms with Crippen LogP contribution >= 0.6 is 11.6 Å². The van der Waals surface area contributed by atoms with Crippen molar-refractivity contribution in [1.82, 2.24) is 14.9 Å². The highest BCUT2D eigenvalue weighted by atomic mass is 35.5. The van der Waals surface area contributed by atoms with Gasteiger partial charge in [0.15, 0.2) is 0 Å². The molecule has 6 heteroatoms. The first kappa shape index (κ1) is 15.7. The number of likely N-dealkylation sites (tertiary alicyclic amines) is 1. The second-order valence-corrected chi connectivity index (χ2v) is 6.10. The Hall–Kier alpha value is -2.14. The van der Waals surface area contributed by atoms with E-state index in [0.717, 1.165) is 38.0 Å². The van der Waals surface area contributed by atoms with E-state index in [4.69, 9.17) is 11.6 Å². The number of nitrogens with one attached hydrogen (secondary N) is 1. The lowest BCUT2D eigenvalue weighted by molar-refractivity contribution is 0.0695. The molecule has 0 saturated carbocycles. The molecule has 0 spiro atoms. The molecule has 0 aliphatic carbocycles. The number of hydrogen-bond acceptors (Lipinski definition) is 4. The number of halogens is 1. The third kappa shape index (κ3) is 4.20. The molecule has 1 saturated heterocycles. The van der Waals surface area contributed by atoms with Crippen LogP contribution in [0.2, 0.25) is 5.15 Å². The average Bonchev–Trinajstić information content (AvgIpc) is 2.61. The van der Waals surface area contributed by atoms with E-state index in [9.17, 15) is 4.79 Å². The second kappa shape index (κ2) is 7.42. The van der Waals surface area contributed by atoms with Crippen LogP contribution in [0.3, 0.4) is 0 Å². The molecular weight excluding hydrogens is 312 g/mol. The highest BCUT2D eigenvalue weighted by molar-refractivity contribution is 6.29. The summed E-state index contributed by atoms with van der Waals surface area (Å²) < 4.78 is 0. The maximum absolute atomic E-state index is 12.4. The lowest BCUT2D eigenvalue weighted by atomic mass is 9.96. The predicted molar refractivity (Wildman–Crippen MR) is 90.6 cm³/mol. The van der Waals surface area contributed by atoms with E-state index >= 15 is 0 Å². The van der Waals surface area contributed by atoms with Crippen molar-refractivity contribution in [3.63, 3.8) is 0 Å². The monoisotopic (exact) mass is 330 g/mol. The molecule has 1 aliphatic heterocycles. The standard InChI is InChI=1S/C17H19ClN4O/c18-15-11-19-12-16(21-15)20-10-13-6-8-22(9-7-13)17(23)14-4-2-1-3-5-14/h1-5,11-13H,6-10H2,(H,20,21).